The number of halogens is 1. The van der Waals surface area contributed by atoms with Crippen molar-refractivity contribution in [3.8, 4) is 0 Å². The van der Waals surface area contributed by atoms with Gasteiger partial charge >= 0.3 is 0 Å². The van der Waals surface area contributed by atoms with E-state index in [9.17, 15) is 4.79 Å². The second kappa shape index (κ2) is 7.71. The molecular formula is C20H23ClN2OS. The molecule has 0 unspecified atom stereocenters. The number of benzene rings is 2. The number of anilines is 2. The number of nitrogens with one attached hydrogen (secondary N) is 1. The van der Waals surface area contributed by atoms with Gasteiger partial charge in [-0.2, -0.15) is 11.8 Å². The molecule has 5 heteroatoms. The fourth-order valence-corrected chi connectivity index (χ4v) is 4.12. The van der Waals surface area contributed by atoms with E-state index in [0.717, 1.165) is 41.5 Å². The molecule has 0 saturated carbocycles. The Morgan fingerprint density at radius 3 is 2.44 bits per heavy atom. The van der Waals surface area contributed by atoms with E-state index in [2.05, 4.69) is 10.2 Å². The average molecular weight is 375 g/mol. The molecule has 1 amide bonds. The smallest absolute Gasteiger partial charge is 0.234 e. The molecule has 0 aromatic heterocycles. The van der Waals surface area contributed by atoms with Gasteiger partial charge < -0.3 is 10.2 Å². The number of hydrogen-bond donors (Lipinski definition) is 1. The van der Waals surface area contributed by atoms with Crippen LogP contribution in [-0.2, 0) is 10.2 Å². The summed E-state index contributed by atoms with van der Waals surface area (Å²) in [6.07, 6.45) is 0. The van der Waals surface area contributed by atoms with Gasteiger partial charge in [-0.1, -0.05) is 41.9 Å². The van der Waals surface area contributed by atoms with Crippen LogP contribution in [0.1, 0.15) is 19.4 Å². The molecule has 0 aliphatic carbocycles. The van der Waals surface area contributed by atoms with Crippen LogP contribution in [-0.4, -0.2) is 30.5 Å². The first-order chi connectivity index (χ1) is 12.0. The zero-order chi connectivity index (χ0) is 17.9. The standard InChI is InChI=1S/C20H23ClN2OS/c1-20(2,15-6-4-3-5-7-15)19(24)22-16-8-9-18(17(21)14-16)23-10-12-25-13-11-23/h3-9,14H,10-13H2,1-2H3,(H,22,24). The lowest BCUT2D eigenvalue weighted by molar-refractivity contribution is -0.120. The summed E-state index contributed by atoms with van der Waals surface area (Å²) >= 11 is 8.45. The SMILES string of the molecule is CC(C)(C(=O)Nc1ccc(N2CCSCC2)c(Cl)c1)c1ccccc1. The van der Waals surface area contributed by atoms with Gasteiger partial charge in [0.2, 0.25) is 5.91 Å². The van der Waals surface area contributed by atoms with Crippen molar-refractivity contribution in [3.63, 3.8) is 0 Å². The van der Waals surface area contributed by atoms with Crippen LogP contribution in [0.25, 0.3) is 0 Å². The van der Waals surface area contributed by atoms with Crippen LogP contribution in [0.3, 0.4) is 0 Å². The van der Waals surface area contributed by atoms with Crippen LogP contribution in [0.5, 0.6) is 0 Å². The third-order valence-electron chi connectivity index (χ3n) is 4.62. The van der Waals surface area contributed by atoms with E-state index in [4.69, 9.17) is 11.6 Å². The van der Waals surface area contributed by atoms with Crippen LogP contribution in [0.15, 0.2) is 48.5 Å². The van der Waals surface area contributed by atoms with Crippen molar-refractivity contribution in [1.82, 2.24) is 0 Å². The number of amides is 1. The number of thioether (sulfide) groups is 1. The van der Waals surface area contributed by atoms with Crippen molar-refractivity contribution >= 4 is 40.6 Å². The molecule has 0 spiro atoms. The minimum atomic E-state index is -0.615. The van der Waals surface area contributed by atoms with Gasteiger partial charge in [-0.25, -0.2) is 0 Å². The first-order valence-corrected chi connectivity index (χ1v) is 10.0. The summed E-state index contributed by atoms with van der Waals surface area (Å²) < 4.78 is 0. The van der Waals surface area contributed by atoms with Crippen LogP contribution in [0.4, 0.5) is 11.4 Å². The molecule has 2 aromatic rings. The molecule has 0 radical (unpaired) electrons. The molecule has 25 heavy (non-hydrogen) atoms. The highest BCUT2D eigenvalue weighted by molar-refractivity contribution is 7.99. The van der Waals surface area contributed by atoms with E-state index >= 15 is 0 Å². The van der Waals surface area contributed by atoms with Gasteiger partial charge in [-0.15, -0.1) is 0 Å². The zero-order valence-corrected chi connectivity index (χ0v) is 16.2. The Bertz CT molecular complexity index is 743. The van der Waals surface area contributed by atoms with Crippen molar-refractivity contribution in [3.05, 3.63) is 59.1 Å². The highest BCUT2D eigenvalue weighted by atomic mass is 35.5. The largest absolute Gasteiger partial charge is 0.369 e. The van der Waals surface area contributed by atoms with Gasteiger partial charge in [-0.05, 0) is 37.6 Å². The van der Waals surface area contributed by atoms with E-state index in [-0.39, 0.29) is 5.91 Å². The van der Waals surface area contributed by atoms with Crippen molar-refractivity contribution in [2.24, 2.45) is 0 Å². The summed E-state index contributed by atoms with van der Waals surface area (Å²) in [6, 6.07) is 15.6. The molecule has 0 bridgehead atoms. The normalized spacial score (nSPS) is 15.1. The Balaban J connectivity index is 1.74. The maximum absolute atomic E-state index is 12.8. The van der Waals surface area contributed by atoms with Gasteiger partial charge in [0.1, 0.15) is 0 Å². The number of carbonyl (C=O) groups is 1. The maximum atomic E-state index is 12.8. The van der Waals surface area contributed by atoms with E-state index in [1.54, 1.807) is 0 Å². The van der Waals surface area contributed by atoms with E-state index in [1.165, 1.54) is 0 Å². The summed E-state index contributed by atoms with van der Waals surface area (Å²) in [7, 11) is 0. The molecule has 1 aliphatic rings. The Kier molecular flexibility index (Phi) is 5.60. The fraction of sp³-hybridized carbons (Fsp3) is 0.350. The van der Waals surface area contributed by atoms with Crippen LogP contribution in [0, 0.1) is 0 Å². The van der Waals surface area contributed by atoms with Crippen molar-refractivity contribution in [2.45, 2.75) is 19.3 Å². The Hall–Kier alpha value is -1.65. The highest BCUT2D eigenvalue weighted by Gasteiger charge is 2.29. The van der Waals surface area contributed by atoms with Gasteiger partial charge in [0.15, 0.2) is 0 Å². The summed E-state index contributed by atoms with van der Waals surface area (Å²) in [6.45, 7) is 5.88. The predicted octanol–water partition coefficient (Wildman–Crippen LogP) is 4.81. The molecule has 1 fully saturated rings. The Labute approximate surface area is 158 Å². The van der Waals surface area contributed by atoms with Crippen molar-refractivity contribution in [2.75, 3.05) is 34.8 Å². The lowest BCUT2D eigenvalue weighted by Crippen LogP contribution is -2.35. The maximum Gasteiger partial charge on any atom is 0.234 e. The molecule has 3 nitrogen and oxygen atoms in total. The number of hydrogen-bond acceptors (Lipinski definition) is 3. The molecule has 1 N–H and O–H groups in total. The number of rotatable bonds is 4. The van der Waals surface area contributed by atoms with Crippen LogP contribution in [0.2, 0.25) is 5.02 Å². The van der Waals surface area contributed by atoms with Gasteiger partial charge in [0.25, 0.3) is 0 Å². The third kappa shape index (κ3) is 4.13. The molecule has 0 atom stereocenters. The van der Waals surface area contributed by atoms with Crippen molar-refractivity contribution in [1.29, 1.82) is 0 Å². The second-order valence-corrected chi connectivity index (χ2v) is 8.34. The summed E-state index contributed by atoms with van der Waals surface area (Å²) in [5.41, 5.74) is 2.15. The molecular weight excluding hydrogens is 352 g/mol. The average Bonchev–Trinajstić information content (AvgIpc) is 2.63. The predicted molar refractivity (Wildman–Crippen MR) is 109 cm³/mol. The summed E-state index contributed by atoms with van der Waals surface area (Å²) in [5.74, 6) is 2.21. The first-order valence-electron chi connectivity index (χ1n) is 8.48. The molecule has 3 rings (SSSR count). The highest BCUT2D eigenvalue weighted by Crippen LogP contribution is 2.31. The number of nitrogens with zero attached hydrogens (tertiary/aromatic N) is 1. The minimum Gasteiger partial charge on any atom is -0.369 e. The minimum absolute atomic E-state index is 0.0445. The number of carbonyl (C=O) groups excluding carboxylic acids is 1. The van der Waals surface area contributed by atoms with Gasteiger partial charge in [-0.3, -0.25) is 4.79 Å². The molecule has 132 valence electrons. The second-order valence-electron chi connectivity index (χ2n) is 6.71. The zero-order valence-electron chi connectivity index (χ0n) is 14.6. The topological polar surface area (TPSA) is 32.3 Å². The van der Waals surface area contributed by atoms with E-state index in [0.29, 0.717) is 5.02 Å². The molecule has 1 aliphatic heterocycles. The van der Waals surface area contributed by atoms with Gasteiger partial charge in [0.05, 0.1) is 16.1 Å². The Morgan fingerprint density at radius 2 is 1.80 bits per heavy atom. The summed E-state index contributed by atoms with van der Waals surface area (Å²) in [5, 5.41) is 3.69. The van der Waals surface area contributed by atoms with Crippen molar-refractivity contribution < 1.29 is 4.79 Å². The van der Waals surface area contributed by atoms with Crippen LogP contribution >= 0.6 is 23.4 Å². The van der Waals surface area contributed by atoms with E-state index in [1.807, 2.05) is 74.1 Å². The van der Waals surface area contributed by atoms with Crippen LogP contribution < -0.4 is 10.2 Å². The molecule has 2 aromatic carbocycles. The summed E-state index contributed by atoms with van der Waals surface area (Å²) in [4.78, 5) is 15.1. The molecule has 1 saturated heterocycles. The fourth-order valence-electron chi connectivity index (χ4n) is 2.92. The van der Waals surface area contributed by atoms with E-state index < -0.39 is 5.41 Å². The Morgan fingerprint density at radius 1 is 1.12 bits per heavy atom. The quantitative estimate of drug-likeness (QED) is 0.833. The first kappa shape index (κ1) is 18.2. The third-order valence-corrected chi connectivity index (χ3v) is 5.87. The van der Waals surface area contributed by atoms with Gasteiger partial charge in [0, 0.05) is 30.3 Å². The molecule has 1 heterocycles. The lowest BCUT2D eigenvalue weighted by atomic mass is 9.83. The monoisotopic (exact) mass is 374 g/mol. The lowest BCUT2D eigenvalue weighted by Gasteiger charge is -2.29.